The Morgan fingerprint density at radius 3 is 3.00 bits per heavy atom. The maximum atomic E-state index is 5.37. The lowest BCUT2D eigenvalue weighted by molar-refractivity contribution is 0.317. The van der Waals surface area contributed by atoms with Crippen molar-refractivity contribution in [2.75, 3.05) is 7.05 Å². The van der Waals surface area contributed by atoms with Gasteiger partial charge >= 0.3 is 0 Å². The molecule has 1 rings (SSSR count). The molecule has 1 heterocycles. The summed E-state index contributed by atoms with van der Waals surface area (Å²) in [6.45, 7) is 7.68. The van der Waals surface area contributed by atoms with E-state index in [1.807, 2.05) is 44.1 Å². The largest absolute Gasteiger partial charge is 0.463 e. The normalized spacial score (nSPS) is 31.4. The van der Waals surface area contributed by atoms with E-state index in [1.165, 1.54) is 0 Å². The van der Waals surface area contributed by atoms with Gasteiger partial charge in [-0.25, -0.2) is 0 Å². The van der Waals surface area contributed by atoms with Crippen molar-refractivity contribution in [2.24, 2.45) is 4.99 Å². The van der Waals surface area contributed by atoms with Crippen molar-refractivity contribution in [2.45, 2.75) is 20.0 Å². The van der Waals surface area contributed by atoms with Crippen molar-refractivity contribution in [3.05, 3.63) is 36.4 Å². The Kier molecular flexibility index (Phi) is 3.51. The van der Waals surface area contributed by atoms with Crippen LogP contribution in [-0.4, -0.2) is 24.3 Å². The first kappa shape index (κ1) is 10.6. The summed E-state index contributed by atoms with van der Waals surface area (Å²) in [5.74, 6) is 1.42. The van der Waals surface area contributed by atoms with E-state index in [1.54, 1.807) is 6.21 Å². The molecule has 0 saturated carbocycles. The molecule has 0 aliphatic carbocycles. The summed E-state index contributed by atoms with van der Waals surface area (Å²) in [7, 11) is 1.96. The first-order valence-corrected chi connectivity index (χ1v) is 4.56. The molecule has 1 aliphatic heterocycles. The molecule has 0 saturated heterocycles. The van der Waals surface area contributed by atoms with E-state index >= 15 is 0 Å². The monoisotopic (exact) mass is 192 g/mol. The molecule has 1 atom stereocenters. The van der Waals surface area contributed by atoms with E-state index in [2.05, 4.69) is 11.6 Å². The summed E-state index contributed by atoms with van der Waals surface area (Å²) in [4.78, 5) is 6.29. The number of nitrogens with zero attached hydrogens (tertiary/aromatic N) is 2. The van der Waals surface area contributed by atoms with E-state index in [-0.39, 0.29) is 6.17 Å². The minimum absolute atomic E-state index is 0.126. The van der Waals surface area contributed by atoms with Gasteiger partial charge in [-0.15, -0.1) is 0 Å². The van der Waals surface area contributed by atoms with Crippen LogP contribution in [0.15, 0.2) is 41.4 Å². The molecule has 3 nitrogen and oxygen atoms in total. The lowest BCUT2D eigenvalue weighted by Crippen LogP contribution is -2.21. The molecule has 0 aromatic heterocycles. The third-order valence-electron chi connectivity index (χ3n) is 1.99. The van der Waals surface area contributed by atoms with Crippen molar-refractivity contribution in [3.8, 4) is 0 Å². The fraction of sp³-hybridized carbons (Fsp3) is 0.364. The van der Waals surface area contributed by atoms with Gasteiger partial charge in [-0.3, -0.25) is 4.99 Å². The van der Waals surface area contributed by atoms with Gasteiger partial charge in [0.05, 0.1) is 0 Å². The van der Waals surface area contributed by atoms with Crippen LogP contribution >= 0.6 is 0 Å². The quantitative estimate of drug-likeness (QED) is 0.588. The van der Waals surface area contributed by atoms with Gasteiger partial charge in [0.1, 0.15) is 17.7 Å². The number of hydrogen-bond donors (Lipinski definition) is 0. The van der Waals surface area contributed by atoms with Crippen LogP contribution < -0.4 is 0 Å². The fourth-order valence-electron chi connectivity index (χ4n) is 0.978. The first-order chi connectivity index (χ1) is 6.59. The third-order valence-corrected chi connectivity index (χ3v) is 1.99. The molecule has 76 valence electrons. The van der Waals surface area contributed by atoms with E-state index in [9.17, 15) is 0 Å². The second-order valence-corrected chi connectivity index (χ2v) is 3.26. The SMILES string of the molecule is C=C1/C=C\N(C)C(C)/N=C\C=C(/C)O1. The van der Waals surface area contributed by atoms with Crippen LogP contribution in [0.5, 0.6) is 0 Å². The van der Waals surface area contributed by atoms with Crippen LogP contribution in [0, 0.1) is 0 Å². The highest BCUT2D eigenvalue weighted by atomic mass is 16.5. The minimum Gasteiger partial charge on any atom is -0.463 e. The average Bonchev–Trinajstić information content (AvgIpc) is 2.12. The van der Waals surface area contributed by atoms with Crippen LogP contribution in [0.4, 0.5) is 0 Å². The Hall–Kier alpha value is -1.51. The van der Waals surface area contributed by atoms with E-state index in [0.717, 1.165) is 5.76 Å². The molecular weight excluding hydrogens is 176 g/mol. The third kappa shape index (κ3) is 3.09. The highest BCUT2D eigenvalue weighted by Crippen LogP contribution is 2.08. The number of allylic oxidation sites excluding steroid dienone is 3. The van der Waals surface area contributed by atoms with Gasteiger partial charge in [-0.05, 0) is 26.0 Å². The maximum Gasteiger partial charge on any atom is 0.121 e. The molecule has 0 aromatic rings. The number of aliphatic imine (C=N–C) groups is 1. The molecule has 0 bridgehead atoms. The maximum absolute atomic E-state index is 5.37. The Balaban J connectivity index is 2.87. The van der Waals surface area contributed by atoms with Crippen LogP contribution in [-0.2, 0) is 4.74 Å². The van der Waals surface area contributed by atoms with Crippen molar-refractivity contribution in [3.63, 3.8) is 0 Å². The second-order valence-electron chi connectivity index (χ2n) is 3.26. The fourth-order valence-corrected chi connectivity index (χ4v) is 0.978. The Bertz CT molecular complexity index is 302. The summed E-state index contributed by atoms with van der Waals surface area (Å²) in [5, 5.41) is 0. The van der Waals surface area contributed by atoms with E-state index in [4.69, 9.17) is 4.74 Å². The Morgan fingerprint density at radius 2 is 2.29 bits per heavy atom. The molecule has 0 radical (unpaired) electrons. The Morgan fingerprint density at radius 1 is 1.57 bits per heavy atom. The standard InChI is InChI=1S/C11H16N2O/c1-9-5-7-12-11(3)13(4)8-6-10(2)14-9/h5-8,11H,2H2,1,3-4H3/b8-6-,9-5+,12-7-. The van der Waals surface area contributed by atoms with Gasteiger partial charge in [0.25, 0.3) is 0 Å². The molecule has 14 heavy (non-hydrogen) atoms. The summed E-state index contributed by atoms with van der Waals surface area (Å²) in [5.41, 5.74) is 0. The van der Waals surface area contributed by atoms with Gasteiger partial charge in [0.2, 0.25) is 0 Å². The van der Waals surface area contributed by atoms with Crippen molar-refractivity contribution >= 4 is 6.21 Å². The summed E-state index contributed by atoms with van der Waals surface area (Å²) < 4.78 is 5.37. The molecule has 0 spiro atoms. The van der Waals surface area contributed by atoms with Crippen LogP contribution in [0.3, 0.4) is 0 Å². The topological polar surface area (TPSA) is 24.8 Å². The predicted octanol–water partition coefficient (Wildman–Crippen LogP) is 2.30. The summed E-state index contributed by atoms with van der Waals surface area (Å²) in [6.07, 6.45) is 7.44. The lowest BCUT2D eigenvalue weighted by atomic mass is 10.4. The molecule has 0 N–H and O–H groups in total. The zero-order chi connectivity index (χ0) is 10.6. The van der Waals surface area contributed by atoms with Gasteiger partial charge in [-0.1, -0.05) is 6.58 Å². The van der Waals surface area contributed by atoms with Crippen molar-refractivity contribution in [1.82, 2.24) is 4.90 Å². The van der Waals surface area contributed by atoms with E-state index < -0.39 is 0 Å². The van der Waals surface area contributed by atoms with E-state index in [0.29, 0.717) is 5.76 Å². The zero-order valence-corrected chi connectivity index (χ0v) is 8.90. The highest BCUT2D eigenvalue weighted by molar-refractivity contribution is 5.71. The van der Waals surface area contributed by atoms with Gasteiger partial charge in [0, 0.05) is 19.5 Å². The molecule has 1 unspecified atom stereocenters. The highest BCUT2D eigenvalue weighted by Gasteiger charge is 2.02. The van der Waals surface area contributed by atoms with Gasteiger partial charge in [0.15, 0.2) is 0 Å². The van der Waals surface area contributed by atoms with Crippen LogP contribution in [0.2, 0.25) is 0 Å². The Labute approximate surface area is 85.1 Å². The molecule has 3 heteroatoms. The van der Waals surface area contributed by atoms with Crippen LogP contribution in [0.25, 0.3) is 0 Å². The summed E-state index contributed by atoms with van der Waals surface area (Å²) >= 11 is 0. The minimum atomic E-state index is 0.126. The van der Waals surface area contributed by atoms with Crippen molar-refractivity contribution < 1.29 is 4.74 Å². The molecule has 0 fully saturated rings. The van der Waals surface area contributed by atoms with Crippen LogP contribution in [0.1, 0.15) is 13.8 Å². The second kappa shape index (κ2) is 4.65. The number of rotatable bonds is 0. The van der Waals surface area contributed by atoms with Crippen molar-refractivity contribution in [1.29, 1.82) is 0 Å². The molecule has 1 aliphatic rings. The lowest BCUT2D eigenvalue weighted by Gasteiger charge is -2.19. The molecular formula is C11H16N2O. The summed E-state index contributed by atoms with van der Waals surface area (Å²) in [6, 6.07) is 0. The molecule has 0 amide bonds. The molecule has 0 aromatic carbocycles. The van der Waals surface area contributed by atoms with Gasteiger partial charge < -0.3 is 9.64 Å². The first-order valence-electron chi connectivity index (χ1n) is 4.56. The smallest absolute Gasteiger partial charge is 0.121 e. The predicted molar refractivity (Wildman–Crippen MR) is 58.8 cm³/mol. The van der Waals surface area contributed by atoms with Gasteiger partial charge in [-0.2, -0.15) is 0 Å². The average molecular weight is 192 g/mol. The number of hydrogen-bond acceptors (Lipinski definition) is 3. The number of ether oxygens (including phenoxy) is 1. The zero-order valence-electron chi connectivity index (χ0n) is 8.90.